The minimum Gasteiger partial charge on any atom is -0.293 e. The van der Waals surface area contributed by atoms with Crippen molar-refractivity contribution in [2.45, 2.75) is 19.8 Å². The van der Waals surface area contributed by atoms with Crippen LogP contribution in [0.2, 0.25) is 0 Å². The third kappa shape index (κ3) is 2.19. The minimum absolute atomic E-state index is 0.112. The molecular formula is C11H13N3OS. The maximum atomic E-state index is 11.9. The average molecular weight is 235 g/mol. The predicted octanol–water partition coefficient (Wildman–Crippen LogP) is 1.86. The molecule has 0 aliphatic heterocycles. The van der Waals surface area contributed by atoms with Gasteiger partial charge in [-0.3, -0.25) is 9.48 Å². The van der Waals surface area contributed by atoms with Crippen molar-refractivity contribution in [3.05, 3.63) is 34.0 Å². The molecule has 4 nitrogen and oxygen atoms in total. The van der Waals surface area contributed by atoms with Crippen molar-refractivity contribution in [1.82, 2.24) is 14.8 Å². The lowest BCUT2D eigenvalue weighted by atomic mass is 10.2. The first kappa shape index (κ1) is 11.0. The van der Waals surface area contributed by atoms with E-state index in [0.29, 0.717) is 12.2 Å². The number of carbonyl (C=O) groups is 1. The molecule has 0 saturated carbocycles. The fraction of sp³-hybridized carbons (Fsp3) is 0.364. The molecule has 0 bridgehead atoms. The van der Waals surface area contributed by atoms with Crippen molar-refractivity contribution < 1.29 is 4.79 Å². The largest absolute Gasteiger partial charge is 0.293 e. The van der Waals surface area contributed by atoms with E-state index in [1.165, 1.54) is 11.2 Å². The molecule has 2 rings (SSSR count). The van der Waals surface area contributed by atoms with Crippen molar-refractivity contribution in [3.8, 4) is 0 Å². The van der Waals surface area contributed by atoms with Crippen LogP contribution in [0.4, 0.5) is 0 Å². The topological polar surface area (TPSA) is 47.8 Å². The van der Waals surface area contributed by atoms with Gasteiger partial charge in [-0.05, 0) is 18.6 Å². The lowest BCUT2D eigenvalue weighted by Gasteiger charge is -1.97. The highest BCUT2D eigenvalue weighted by Crippen LogP contribution is 2.18. The first-order chi connectivity index (χ1) is 7.70. The van der Waals surface area contributed by atoms with Crippen LogP contribution in [0.15, 0.2) is 18.5 Å². The number of aryl methyl sites for hydroxylation is 2. The highest BCUT2D eigenvalue weighted by Gasteiger charge is 2.12. The molecule has 0 aliphatic carbocycles. The smallest absolute Gasteiger partial charge is 0.180 e. The second kappa shape index (κ2) is 4.57. The highest BCUT2D eigenvalue weighted by molar-refractivity contribution is 7.14. The normalized spacial score (nSPS) is 10.6. The number of rotatable bonds is 4. The molecule has 16 heavy (non-hydrogen) atoms. The van der Waals surface area contributed by atoms with Crippen LogP contribution < -0.4 is 0 Å². The summed E-state index contributed by atoms with van der Waals surface area (Å²) < 4.78 is 1.63. The Morgan fingerprint density at radius 2 is 2.31 bits per heavy atom. The molecule has 0 aromatic carbocycles. The molecule has 0 saturated heterocycles. The van der Waals surface area contributed by atoms with Crippen LogP contribution in [0.3, 0.4) is 0 Å². The zero-order valence-electron chi connectivity index (χ0n) is 9.30. The predicted molar refractivity (Wildman–Crippen MR) is 62.7 cm³/mol. The van der Waals surface area contributed by atoms with Gasteiger partial charge in [-0.2, -0.15) is 5.10 Å². The maximum absolute atomic E-state index is 11.9. The molecule has 0 amide bonds. The summed E-state index contributed by atoms with van der Waals surface area (Å²) in [5.74, 6) is 0.817. The Morgan fingerprint density at radius 1 is 1.50 bits per heavy atom. The van der Waals surface area contributed by atoms with E-state index in [-0.39, 0.29) is 5.78 Å². The Balaban J connectivity index is 2.11. The summed E-state index contributed by atoms with van der Waals surface area (Å²) in [4.78, 5) is 18.0. The molecule has 0 atom stereocenters. The molecule has 0 radical (unpaired) electrons. The zero-order valence-corrected chi connectivity index (χ0v) is 10.1. The fourth-order valence-electron chi connectivity index (χ4n) is 1.43. The highest BCUT2D eigenvalue weighted by atomic mass is 32.1. The Kier molecular flexibility index (Phi) is 3.14. The van der Waals surface area contributed by atoms with E-state index in [4.69, 9.17) is 0 Å². The number of thiophene rings is 1. The molecule has 5 heteroatoms. The van der Waals surface area contributed by atoms with Gasteiger partial charge in [0.25, 0.3) is 0 Å². The molecular weight excluding hydrogens is 222 g/mol. The molecule has 0 unspecified atom stereocenters. The summed E-state index contributed by atoms with van der Waals surface area (Å²) in [7, 11) is 1.79. The number of aromatic nitrogens is 3. The number of nitrogens with zero attached hydrogens (tertiary/aromatic N) is 3. The first-order valence-corrected chi connectivity index (χ1v) is 5.97. The molecule has 0 fully saturated rings. The quantitative estimate of drug-likeness (QED) is 0.760. The van der Waals surface area contributed by atoms with Gasteiger partial charge in [-0.15, -0.1) is 11.3 Å². The minimum atomic E-state index is 0.112. The second-order valence-electron chi connectivity index (χ2n) is 3.52. The molecule has 2 aromatic heterocycles. The molecule has 2 heterocycles. The van der Waals surface area contributed by atoms with E-state index in [1.807, 2.05) is 12.1 Å². The van der Waals surface area contributed by atoms with Gasteiger partial charge >= 0.3 is 0 Å². The Labute approximate surface area is 97.9 Å². The van der Waals surface area contributed by atoms with E-state index < -0.39 is 0 Å². The summed E-state index contributed by atoms with van der Waals surface area (Å²) in [5, 5.41) is 3.94. The number of hydrogen-bond acceptors (Lipinski definition) is 4. The van der Waals surface area contributed by atoms with Gasteiger partial charge < -0.3 is 0 Å². The molecule has 84 valence electrons. The lowest BCUT2D eigenvalue weighted by Crippen LogP contribution is -2.07. The number of carbonyl (C=O) groups excluding carboxylic acids is 1. The third-order valence-electron chi connectivity index (χ3n) is 2.41. The molecule has 0 aliphatic rings. The molecule has 2 aromatic rings. The summed E-state index contributed by atoms with van der Waals surface area (Å²) in [6, 6.07) is 3.90. The summed E-state index contributed by atoms with van der Waals surface area (Å²) in [6.45, 7) is 2.09. The summed E-state index contributed by atoms with van der Waals surface area (Å²) >= 11 is 1.56. The van der Waals surface area contributed by atoms with Gasteiger partial charge in [-0.25, -0.2) is 4.98 Å². The van der Waals surface area contributed by atoms with E-state index in [2.05, 4.69) is 17.0 Å². The van der Waals surface area contributed by atoms with E-state index >= 15 is 0 Å². The van der Waals surface area contributed by atoms with Gasteiger partial charge in [0.1, 0.15) is 12.2 Å². The number of Topliss-reactive ketones (excluding diaryl/α,β-unsaturated/α-hetero) is 1. The Hall–Kier alpha value is -1.49. The lowest BCUT2D eigenvalue weighted by molar-refractivity contribution is 0.0993. The number of hydrogen-bond donors (Lipinski definition) is 0. The summed E-state index contributed by atoms with van der Waals surface area (Å²) in [6.07, 6.45) is 2.76. The van der Waals surface area contributed by atoms with Gasteiger partial charge in [0.15, 0.2) is 5.78 Å². The van der Waals surface area contributed by atoms with Crippen LogP contribution in [0.25, 0.3) is 0 Å². The third-order valence-corrected chi connectivity index (χ3v) is 3.68. The van der Waals surface area contributed by atoms with Crippen LogP contribution in [0.5, 0.6) is 0 Å². The van der Waals surface area contributed by atoms with Gasteiger partial charge in [0.2, 0.25) is 0 Å². The van der Waals surface area contributed by atoms with Crippen molar-refractivity contribution in [2.24, 2.45) is 7.05 Å². The van der Waals surface area contributed by atoms with Crippen LogP contribution in [-0.2, 0) is 19.9 Å². The average Bonchev–Trinajstić information content (AvgIpc) is 2.88. The first-order valence-electron chi connectivity index (χ1n) is 5.15. The van der Waals surface area contributed by atoms with Gasteiger partial charge in [-0.1, -0.05) is 6.92 Å². The van der Waals surface area contributed by atoms with Crippen LogP contribution >= 0.6 is 11.3 Å². The van der Waals surface area contributed by atoms with Crippen molar-refractivity contribution in [3.63, 3.8) is 0 Å². The zero-order chi connectivity index (χ0) is 11.5. The maximum Gasteiger partial charge on any atom is 0.180 e. The van der Waals surface area contributed by atoms with Crippen LogP contribution in [-0.4, -0.2) is 20.5 Å². The van der Waals surface area contributed by atoms with Crippen molar-refractivity contribution >= 4 is 17.1 Å². The van der Waals surface area contributed by atoms with E-state index in [9.17, 15) is 4.79 Å². The molecule has 0 spiro atoms. The van der Waals surface area contributed by atoms with Crippen molar-refractivity contribution in [1.29, 1.82) is 0 Å². The van der Waals surface area contributed by atoms with E-state index in [1.54, 1.807) is 23.1 Å². The Bertz CT molecular complexity index is 501. The standard InChI is InChI=1S/C11H13N3OS/c1-3-8-4-5-10(16-8)9(15)6-11-12-7-13-14(11)2/h4-5,7H,3,6H2,1-2H3. The van der Waals surface area contributed by atoms with Gasteiger partial charge in [0.05, 0.1) is 11.3 Å². The summed E-state index contributed by atoms with van der Waals surface area (Å²) in [5.41, 5.74) is 0. The van der Waals surface area contributed by atoms with E-state index in [0.717, 1.165) is 11.3 Å². The SMILES string of the molecule is CCc1ccc(C(=O)Cc2ncnn2C)s1. The van der Waals surface area contributed by atoms with Crippen molar-refractivity contribution in [2.75, 3.05) is 0 Å². The van der Waals surface area contributed by atoms with Crippen LogP contribution in [0.1, 0.15) is 27.3 Å². The number of ketones is 1. The van der Waals surface area contributed by atoms with Gasteiger partial charge in [0, 0.05) is 11.9 Å². The second-order valence-corrected chi connectivity index (χ2v) is 4.69. The fourth-order valence-corrected chi connectivity index (χ4v) is 2.31. The monoisotopic (exact) mass is 235 g/mol. The van der Waals surface area contributed by atoms with Crippen LogP contribution in [0, 0.1) is 0 Å². The molecule has 0 N–H and O–H groups in total. The Morgan fingerprint density at radius 3 is 2.88 bits per heavy atom.